The summed E-state index contributed by atoms with van der Waals surface area (Å²) < 4.78 is 67.6. The van der Waals surface area contributed by atoms with E-state index in [1.54, 1.807) is 0 Å². The lowest BCUT2D eigenvalue weighted by Gasteiger charge is -2.26. The molecule has 34 heavy (non-hydrogen) atoms. The van der Waals surface area contributed by atoms with Gasteiger partial charge < -0.3 is 45.2 Å². The molecule has 1 aliphatic rings. The molecule has 0 radical (unpaired) electrons. The number of anilines is 1. The number of nitrogen functional groups attached to an aromatic ring is 1. The lowest BCUT2D eigenvalue weighted by atomic mass is 9.95. The predicted octanol–water partition coefficient (Wildman–Crippen LogP) is -0.963. The largest absolute Gasteiger partial charge is 0.490 e. The highest BCUT2D eigenvalue weighted by Gasteiger charge is 2.56. The van der Waals surface area contributed by atoms with Gasteiger partial charge in [0.1, 0.15) is 23.4 Å². The van der Waals surface area contributed by atoms with Crippen LogP contribution in [0.2, 0.25) is 0 Å². The summed E-state index contributed by atoms with van der Waals surface area (Å²) in [4.78, 5) is 46.3. The number of phosphoric ester groups is 1. The third kappa shape index (κ3) is 5.62. The van der Waals surface area contributed by atoms with Gasteiger partial charge in [0, 0.05) is 0 Å². The number of aromatic nitrogens is 4. The van der Waals surface area contributed by atoms with Gasteiger partial charge >= 0.3 is 23.5 Å². The molecule has 22 heteroatoms. The summed E-state index contributed by atoms with van der Waals surface area (Å²) in [6.45, 7) is -3.63. The third-order valence-electron chi connectivity index (χ3n) is 4.04. The highest BCUT2D eigenvalue weighted by atomic mass is 32.1. The van der Waals surface area contributed by atoms with Gasteiger partial charge in [-0.15, -0.1) is 6.42 Å². The number of nitrogens with two attached hydrogens (primary N) is 1. The van der Waals surface area contributed by atoms with E-state index in [1.807, 2.05) is 5.92 Å². The van der Waals surface area contributed by atoms with Gasteiger partial charge in [0.2, 0.25) is 0 Å². The van der Waals surface area contributed by atoms with E-state index in [0.717, 1.165) is 10.9 Å². The molecule has 2 aromatic heterocycles. The summed E-state index contributed by atoms with van der Waals surface area (Å²) >= 11 is 5.02. The van der Waals surface area contributed by atoms with Gasteiger partial charge in [0.25, 0.3) is 0 Å². The van der Waals surface area contributed by atoms with E-state index in [0.29, 0.717) is 0 Å². The van der Waals surface area contributed by atoms with Crippen molar-refractivity contribution < 1.29 is 64.1 Å². The zero-order valence-corrected chi connectivity index (χ0v) is 19.6. The van der Waals surface area contributed by atoms with Crippen LogP contribution in [0.5, 0.6) is 0 Å². The Kier molecular flexibility index (Phi) is 6.48. The van der Waals surface area contributed by atoms with Crippen molar-refractivity contribution in [3.63, 3.8) is 0 Å². The molecule has 0 aliphatic carbocycles. The van der Waals surface area contributed by atoms with Gasteiger partial charge in [-0.05, 0) is 0 Å². The number of nitrogens with zero attached hydrogens (tertiary/aromatic N) is 3. The molecule has 0 saturated carbocycles. The molecule has 6 atom stereocenters. The van der Waals surface area contributed by atoms with Crippen LogP contribution < -0.4 is 5.73 Å². The van der Waals surface area contributed by atoms with E-state index in [1.165, 1.54) is 0 Å². The Balaban J connectivity index is 1.95. The van der Waals surface area contributed by atoms with E-state index in [2.05, 4.69) is 28.1 Å². The van der Waals surface area contributed by atoms with Crippen molar-refractivity contribution in [1.29, 1.82) is 0 Å². The second-order valence-electron chi connectivity index (χ2n) is 6.40. The first-order valence-corrected chi connectivity index (χ1v) is 13.2. The van der Waals surface area contributed by atoms with Gasteiger partial charge in [-0.2, -0.15) is 8.62 Å². The third-order valence-corrected chi connectivity index (χ3v) is 7.99. The van der Waals surface area contributed by atoms with Crippen LogP contribution in [0.25, 0.3) is 11.2 Å². The Bertz CT molecular complexity index is 1440. The molecule has 1 aliphatic heterocycles. The number of ether oxygens (including phenoxy) is 1. The first-order chi connectivity index (χ1) is 16.2. The molecular formula is C12H16N5O13P3S. The zero-order valence-electron chi connectivity index (χ0n) is 18.1. The van der Waals surface area contributed by atoms with Crippen molar-refractivity contribution in [2.45, 2.75) is 24.0 Å². The molecule has 188 valence electrons. The van der Waals surface area contributed by atoms with Crippen molar-refractivity contribution in [2.24, 2.45) is 0 Å². The molecule has 2 aromatic rings. The molecule has 0 bridgehead atoms. The number of aliphatic hydroxyl groups is 2. The van der Waals surface area contributed by atoms with Gasteiger partial charge in [0.05, 0.1) is 15.6 Å². The smallest absolute Gasteiger partial charge is 0.386 e. The maximum Gasteiger partial charge on any atom is 0.490 e. The number of hydrogen-bond acceptors (Lipinski definition) is 13. The molecule has 18 nitrogen and oxygen atoms in total. The van der Waals surface area contributed by atoms with Crippen molar-refractivity contribution in [1.82, 2.24) is 19.5 Å². The maximum atomic E-state index is 12.1. The Morgan fingerprint density at radius 1 is 1.35 bits per heavy atom. The van der Waals surface area contributed by atoms with Crippen molar-refractivity contribution in [3.05, 3.63) is 11.0 Å². The molecule has 1 fully saturated rings. The summed E-state index contributed by atoms with van der Waals surface area (Å²) in [5.74, 6) is 1.62. The molecule has 1 saturated heterocycles. The minimum absolute atomic E-state index is 0.0347. The van der Waals surface area contributed by atoms with Gasteiger partial charge in [-0.1, -0.05) is 18.1 Å². The highest BCUT2D eigenvalue weighted by molar-refractivity contribution is 7.71. The number of imidazole rings is 1. The van der Waals surface area contributed by atoms with E-state index >= 15 is 0 Å². The summed E-state index contributed by atoms with van der Waals surface area (Å²) in [5.41, 5.74) is 2.86. The van der Waals surface area contributed by atoms with Crippen molar-refractivity contribution >= 4 is 52.8 Å². The van der Waals surface area contributed by atoms with Gasteiger partial charge in [-0.3, -0.25) is 9.09 Å². The van der Waals surface area contributed by atoms with Crippen LogP contribution in [0.4, 0.5) is 5.95 Å². The standard InChI is InChI=1S/C12H16N5O13P3S/c1-2-12(19)7(18)5(3-27-32(23,24)30-33(25,26)29-31(20,21)22)28-10(12)17-4-14-6-8(17)15-11(13)16-9(6)34/h1,4-5,7,10,18-19H,3H2,(H,23,24)(H,25,26)(H2,20,21,22)(H3,13,15,16,34)/t5-,7+,10-,12?/m1/s1/i3D2. The fraction of sp³-hybridized carbons (Fsp3) is 0.417. The van der Waals surface area contributed by atoms with Crippen LogP contribution in [0.15, 0.2) is 6.33 Å². The fourth-order valence-electron chi connectivity index (χ4n) is 2.77. The number of hydrogen-bond donors (Lipinski definition) is 8. The molecule has 0 aromatic carbocycles. The van der Waals surface area contributed by atoms with Crippen LogP contribution in [0.1, 0.15) is 8.97 Å². The minimum atomic E-state index is -6.03. The van der Waals surface area contributed by atoms with Crippen LogP contribution in [0, 0.1) is 17.0 Å². The molecule has 3 rings (SSSR count). The number of rotatable bonds is 8. The second kappa shape index (κ2) is 9.13. The Hall–Kier alpha value is -1.58. The Morgan fingerprint density at radius 2 is 2.00 bits per heavy atom. The van der Waals surface area contributed by atoms with Crippen LogP contribution >= 0.6 is 35.7 Å². The monoisotopic (exact) mass is 565 g/mol. The summed E-state index contributed by atoms with van der Waals surface area (Å²) in [7, 11) is -17.7. The lowest BCUT2D eigenvalue weighted by molar-refractivity contribution is -0.0717. The first-order valence-electron chi connectivity index (χ1n) is 9.32. The van der Waals surface area contributed by atoms with Crippen molar-refractivity contribution in [2.75, 3.05) is 12.3 Å². The molecule has 3 heterocycles. The van der Waals surface area contributed by atoms with Crippen molar-refractivity contribution in [3.8, 4) is 12.3 Å². The molecule has 9 N–H and O–H groups in total. The normalized spacial score (nSPS) is 30.2. The number of fused-ring (bicyclic) bond motifs is 1. The average Bonchev–Trinajstić information content (AvgIpc) is 3.17. The summed E-state index contributed by atoms with van der Waals surface area (Å²) in [5, 5.41) is 21.5. The van der Waals surface area contributed by atoms with Gasteiger partial charge in [-0.25, -0.2) is 23.7 Å². The average molecular weight is 565 g/mol. The maximum absolute atomic E-state index is 12.1. The van der Waals surface area contributed by atoms with E-state index in [-0.39, 0.29) is 21.8 Å². The zero-order chi connectivity index (χ0) is 27.5. The molecule has 3 unspecified atom stereocenters. The lowest BCUT2D eigenvalue weighted by Crippen LogP contribution is -2.45. The van der Waals surface area contributed by atoms with E-state index in [9.17, 15) is 33.7 Å². The second-order valence-corrected chi connectivity index (χ2v) is 11.1. The Morgan fingerprint density at radius 3 is 2.59 bits per heavy atom. The van der Waals surface area contributed by atoms with Gasteiger partial charge in [0.15, 0.2) is 22.4 Å². The number of phosphoric acid groups is 3. The molecular weight excluding hydrogens is 547 g/mol. The summed E-state index contributed by atoms with van der Waals surface area (Å²) in [6.07, 6.45) is -0.299. The number of nitrogens with one attached hydrogen (secondary N) is 1. The van der Waals surface area contributed by atoms with Crippen LogP contribution in [-0.2, 0) is 31.6 Å². The highest BCUT2D eigenvalue weighted by Crippen LogP contribution is 2.66. The topological polar surface area (TPSA) is 282 Å². The van der Waals surface area contributed by atoms with Crippen LogP contribution in [-0.4, -0.2) is 73.7 Å². The number of aliphatic hydroxyl groups excluding tert-OH is 1. The van der Waals surface area contributed by atoms with Crippen LogP contribution in [0.3, 0.4) is 0 Å². The van der Waals surface area contributed by atoms with E-state index < -0.39 is 54.1 Å². The predicted molar refractivity (Wildman–Crippen MR) is 111 cm³/mol. The number of H-pyrrole nitrogens is 1. The number of terminal acetylenes is 1. The molecule has 0 amide bonds. The SMILES string of the molecule is [2H]C([2H])(OP(=O)(O)OP(=O)(O)OP(=O)(O)O)[C@H]1O[C@@H](n2cnc3c(=S)nc(N)[nH]c32)C(O)(C#C)[C@H]1O. The fourth-order valence-corrected chi connectivity index (χ4v) is 5.89. The Labute approximate surface area is 196 Å². The number of aromatic amines is 1. The minimum Gasteiger partial charge on any atom is -0.386 e. The van der Waals surface area contributed by atoms with E-state index in [4.69, 9.17) is 41.6 Å². The summed E-state index contributed by atoms with van der Waals surface area (Å²) in [6, 6.07) is 0. The molecule has 0 spiro atoms. The first kappa shape index (κ1) is 24.1. The quantitative estimate of drug-likeness (QED) is 0.109.